The van der Waals surface area contributed by atoms with Gasteiger partial charge in [-0.2, -0.15) is 0 Å². The summed E-state index contributed by atoms with van der Waals surface area (Å²) in [5.41, 5.74) is 0.915. The number of benzene rings is 1. The van der Waals surface area contributed by atoms with Gasteiger partial charge < -0.3 is 14.2 Å². The molecule has 0 unspecified atom stereocenters. The minimum absolute atomic E-state index is 0.000365. The average molecular weight is 243 g/mol. The van der Waals surface area contributed by atoms with Crippen molar-refractivity contribution in [2.75, 3.05) is 7.11 Å². The van der Waals surface area contributed by atoms with E-state index < -0.39 is 0 Å². The van der Waals surface area contributed by atoms with Gasteiger partial charge in [-0.05, 0) is 32.0 Å². The highest BCUT2D eigenvalue weighted by atomic mass is 35.5. The first-order valence-electron chi connectivity index (χ1n) is 5.26. The van der Waals surface area contributed by atoms with Gasteiger partial charge in [-0.3, -0.25) is 0 Å². The molecule has 0 aliphatic carbocycles. The monoisotopic (exact) mass is 242 g/mol. The van der Waals surface area contributed by atoms with E-state index in [1.54, 1.807) is 7.11 Å². The van der Waals surface area contributed by atoms with Crippen LogP contribution in [0.25, 0.3) is 0 Å². The van der Waals surface area contributed by atoms with Crippen molar-refractivity contribution in [2.45, 2.75) is 32.3 Å². The van der Waals surface area contributed by atoms with Crippen LogP contribution in [0, 0.1) is 0 Å². The van der Waals surface area contributed by atoms with E-state index in [0.29, 0.717) is 5.02 Å². The Labute approximate surface area is 100 Å². The van der Waals surface area contributed by atoms with E-state index in [4.69, 9.17) is 25.8 Å². The lowest BCUT2D eigenvalue weighted by Crippen LogP contribution is -2.10. The molecule has 16 heavy (non-hydrogen) atoms. The lowest BCUT2D eigenvalue weighted by molar-refractivity contribution is -0.0494. The third kappa shape index (κ3) is 2.17. The molecule has 1 saturated heterocycles. The zero-order chi connectivity index (χ0) is 11.7. The summed E-state index contributed by atoms with van der Waals surface area (Å²) in [6.45, 7) is 3.86. The Morgan fingerprint density at radius 3 is 2.56 bits per heavy atom. The van der Waals surface area contributed by atoms with Crippen molar-refractivity contribution in [3.8, 4) is 5.75 Å². The fourth-order valence-electron chi connectivity index (χ4n) is 1.92. The number of ether oxygens (including phenoxy) is 3. The highest BCUT2D eigenvalue weighted by Crippen LogP contribution is 2.37. The molecule has 1 heterocycles. The quantitative estimate of drug-likeness (QED) is 0.797. The van der Waals surface area contributed by atoms with Gasteiger partial charge in [-0.25, -0.2) is 0 Å². The van der Waals surface area contributed by atoms with Crippen molar-refractivity contribution in [1.29, 1.82) is 0 Å². The topological polar surface area (TPSA) is 27.7 Å². The molecule has 1 aliphatic heterocycles. The van der Waals surface area contributed by atoms with Gasteiger partial charge in [0, 0.05) is 10.6 Å². The van der Waals surface area contributed by atoms with Crippen LogP contribution in [0.2, 0.25) is 5.02 Å². The van der Waals surface area contributed by atoms with Crippen LogP contribution in [0.1, 0.15) is 25.5 Å². The largest absolute Gasteiger partial charge is 0.497 e. The standard InChI is InChI=1S/C12H15ClO3/c1-7-12(16-8(2)15-7)10-6-9(14-3)4-5-11(10)13/h4-8,12H,1-3H3/t7-,8-,12+/m1/s1. The summed E-state index contributed by atoms with van der Waals surface area (Å²) in [5.74, 6) is 0.773. The molecule has 2 rings (SSSR count). The number of hydrogen-bond donors (Lipinski definition) is 0. The molecule has 1 aliphatic rings. The molecule has 4 heteroatoms. The van der Waals surface area contributed by atoms with Gasteiger partial charge in [-0.15, -0.1) is 0 Å². The second-order valence-corrected chi connectivity index (χ2v) is 4.26. The van der Waals surface area contributed by atoms with Crippen molar-refractivity contribution in [3.63, 3.8) is 0 Å². The molecular formula is C12H15ClO3. The molecule has 0 bridgehead atoms. The Morgan fingerprint density at radius 1 is 1.25 bits per heavy atom. The van der Waals surface area contributed by atoms with Crippen LogP contribution in [-0.2, 0) is 9.47 Å². The van der Waals surface area contributed by atoms with Crippen LogP contribution in [0.5, 0.6) is 5.75 Å². The maximum absolute atomic E-state index is 6.16. The Bertz CT molecular complexity index is 381. The van der Waals surface area contributed by atoms with Gasteiger partial charge in [0.25, 0.3) is 0 Å². The van der Waals surface area contributed by atoms with E-state index >= 15 is 0 Å². The SMILES string of the molecule is COc1ccc(Cl)c([C@H]2O[C@H](C)O[C@@H]2C)c1. The van der Waals surface area contributed by atoms with Crippen LogP contribution < -0.4 is 4.74 Å². The van der Waals surface area contributed by atoms with Gasteiger partial charge >= 0.3 is 0 Å². The predicted molar refractivity (Wildman–Crippen MR) is 61.8 cm³/mol. The highest BCUT2D eigenvalue weighted by Gasteiger charge is 2.33. The van der Waals surface area contributed by atoms with Crippen molar-refractivity contribution >= 4 is 11.6 Å². The van der Waals surface area contributed by atoms with E-state index in [9.17, 15) is 0 Å². The Kier molecular flexibility index (Phi) is 3.38. The van der Waals surface area contributed by atoms with Crippen LogP contribution in [-0.4, -0.2) is 19.5 Å². The minimum atomic E-state index is -0.192. The normalized spacial score (nSPS) is 29.4. The minimum Gasteiger partial charge on any atom is -0.497 e. The van der Waals surface area contributed by atoms with Crippen LogP contribution in [0.15, 0.2) is 18.2 Å². The maximum Gasteiger partial charge on any atom is 0.156 e. The molecule has 3 nitrogen and oxygen atoms in total. The lowest BCUT2D eigenvalue weighted by atomic mass is 10.1. The molecule has 3 atom stereocenters. The zero-order valence-corrected chi connectivity index (χ0v) is 10.3. The third-order valence-corrected chi connectivity index (χ3v) is 3.02. The van der Waals surface area contributed by atoms with Crippen LogP contribution >= 0.6 is 11.6 Å². The van der Waals surface area contributed by atoms with Crippen molar-refractivity contribution in [1.82, 2.24) is 0 Å². The van der Waals surface area contributed by atoms with Gasteiger partial charge in [0.2, 0.25) is 0 Å². The van der Waals surface area contributed by atoms with E-state index in [0.717, 1.165) is 11.3 Å². The Hall–Kier alpha value is -0.770. The summed E-state index contributed by atoms with van der Waals surface area (Å²) in [6, 6.07) is 5.54. The van der Waals surface area contributed by atoms with E-state index in [2.05, 4.69) is 0 Å². The molecular weight excluding hydrogens is 228 g/mol. The Balaban J connectivity index is 2.32. The summed E-state index contributed by atoms with van der Waals surface area (Å²) < 4.78 is 16.4. The smallest absolute Gasteiger partial charge is 0.156 e. The van der Waals surface area contributed by atoms with Crippen molar-refractivity contribution < 1.29 is 14.2 Å². The van der Waals surface area contributed by atoms with E-state index in [1.807, 2.05) is 32.0 Å². The molecule has 1 fully saturated rings. The number of halogens is 1. The molecule has 0 N–H and O–H groups in total. The van der Waals surface area contributed by atoms with Gasteiger partial charge in [0.15, 0.2) is 6.29 Å². The van der Waals surface area contributed by atoms with Gasteiger partial charge in [0.1, 0.15) is 11.9 Å². The maximum atomic E-state index is 6.16. The molecule has 0 aromatic heterocycles. The summed E-state index contributed by atoms with van der Waals surface area (Å²) in [5, 5.41) is 0.676. The molecule has 1 aromatic rings. The zero-order valence-electron chi connectivity index (χ0n) is 9.57. The Morgan fingerprint density at radius 2 is 2.00 bits per heavy atom. The van der Waals surface area contributed by atoms with Crippen LogP contribution in [0.3, 0.4) is 0 Å². The van der Waals surface area contributed by atoms with E-state index in [1.165, 1.54) is 0 Å². The van der Waals surface area contributed by atoms with Crippen molar-refractivity contribution in [3.05, 3.63) is 28.8 Å². The second kappa shape index (κ2) is 4.62. The first kappa shape index (κ1) is 11.7. The molecule has 0 saturated carbocycles. The lowest BCUT2D eigenvalue weighted by Gasteiger charge is -2.15. The summed E-state index contributed by atoms with van der Waals surface area (Å²) >= 11 is 6.16. The summed E-state index contributed by atoms with van der Waals surface area (Å²) in [4.78, 5) is 0. The second-order valence-electron chi connectivity index (χ2n) is 3.85. The molecule has 1 aromatic carbocycles. The summed E-state index contributed by atoms with van der Waals surface area (Å²) in [7, 11) is 1.63. The molecule has 0 spiro atoms. The van der Waals surface area contributed by atoms with Crippen molar-refractivity contribution in [2.24, 2.45) is 0 Å². The number of hydrogen-bond acceptors (Lipinski definition) is 3. The fourth-order valence-corrected chi connectivity index (χ4v) is 2.14. The van der Waals surface area contributed by atoms with Gasteiger partial charge in [-0.1, -0.05) is 11.6 Å². The van der Waals surface area contributed by atoms with Crippen LogP contribution in [0.4, 0.5) is 0 Å². The molecule has 0 radical (unpaired) electrons. The average Bonchev–Trinajstić information content (AvgIpc) is 2.58. The third-order valence-electron chi connectivity index (χ3n) is 2.68. The fraction of sp³-hybridized carbons (Fsp3) is 0.500. The van der Waals surface area contributed by atoms with Gasteiger partial charge in [0.05, 0.1) is 13.2 Å². The summed E-state index contributed by atoms with van der Waals surface area (Å²) in [6.07, 6.45) is -0.320. The number of rotatable bonds is 2. The number of methoxy groups -OCH3 is 1. The first-order valence-corrected chi connectivity index (χ1v) is 5.64. The predicted octanol–water partition coefficient (Wildman–Crippen LogP) is 3.17. The molecule has 0 amide bonds. The highest BCUT2D eigenvalue weighted by molar-refractivity contribution is 6.31. The molecule has 88 valence electrons. The first-order chi connectivity index (χ1) is 7.61. The van der Waals surface area contributed by atoms with E-state index in [-0.39, 0.29) is 18.5 Å².